The second-order valence-electron chi connectivity index (χ2n) is 2.20. The Hall–Kier alpha value is -0.480. The molecule has 1 N–H and O–H groups in total. The quantitative estimate of drug-likeness (QED) is 0.526. The van der Waals surface area contributed by atoms with Gasteiger partial charge < -0.3 is 5.11 Å². The Labute approximate surface area is 50.7 Å². The standard InChI is InChI=1S/C7H12O/c1-4-7(5-8)6(2)3/h1,6-8H,5H2,2-3H3. The maximum Gasteiger partial charge on any atom is 0.0571 e. The predicted octanol–water partition coefficient (Wildman–Crippen LogP) is 0.884. The zero-order valence-corrected chi connectivity index (χ0v) is 5.39. The van der Waals surface area contributed by atoms with Gasteiger partial charge in [0, 0.05) is 5.92 Å². The smallest absolute Gasteiger partial charge is 0.0571 e. The molecule has 1 unspecified atom stereocenters. The molecule has 0 aliphatic heterocycles. The van der Waals surface area contributed by atoms with Gasteiger partial charge in [0.15, 0.2) is 0 Å². The average molecular weight is 112 g/mol. The molecular weight excluding hydrogens is 100 g/mol. The summed E-state index contributed by atoms with van der Waals surface area (Å²) in [6.45, 7) is 4.11. The van der Waals surface area contributed by atoms with E-state index in [4.69, 9.17) is 11.5 Å². The topological polar surface area (TPSA) is 20.2 Å². The molecule has 1 nitrogen and oxygen atoms in total. The zero-order valence-electron chi connectivity index (χ0n) is 5.39. The number of aliphatic hydroxyl groups is 1. The summed E-state index contributed by atoms with van der Waals surface area (Å²) in [5.74, 6) is 2.93. The van der Waals surface area contributed by atoms with Gasteiger partial charge in [-0.1, -0.05) is 13.8 Å². The van der Waals surface area contributed by atoms with E-state index in [1.54, 1.807) is 0 Å². The first-order chi connectivity index (χ1) is 3.72. The Kier molecular flexibility index (Phi) is 3.30. The molecule has 0 saturated heterocycles. The summed E-state index contributed by atoms with van der Waals surface area (Å²) in [6, 6.07) is 0. The van der Waals surface area contributed by atoms with Gasteiger partial charge in [-0.15, -0.1) is 12.3 Å². The minimum Gasteiger partial charge on any atom is -0.395 e. The van der Waals surface area contributed by atoms with Crippen LogP contribution in [0.15, 0.2) is 0 Å². The van der Waals surface area contributed by atoms with Crippen molar-refractivity contribution in [3.05, 3.63) is 0 Å². The number of aliphatic hydroxyl groups excluding tert-OH is 1. The van der Waals surface area contributed by atoms with Crippen LogP contribution in [-0.2, 0) is 0 Å². The van der Waals surface area contributed by atoms with E-state index >= 15 is 0 Å². The largest absolute Gasteiger partial charge is 0.395 e. The van der Waals surface area contributed by atoms with Crippen LogP contribution in [0.2, 0.25) is 0 Å². The van der Waals surface area contributed by atoms with Crippen molar-refractivity contribution < 1.29 is 5.11 Å². The molecule has 0 aliphatic carbocycles. The van der Waals surface area contributed by atoms with Crippen LogP contribution in [0.1, 0.15) is 13.8 Å². The molecule has 46 valence electrons. The molecule has 0 spiro atoms. The molecule has 0 rings (SSSR count). The number of hydrogen-bond acceptors (Lipinski definition) is 1. The number of terminal acetylenes is 1. The van der Waals surface area contributed by atoms with Crippen LogP contribution in [0.5, 0.6) is 0 Å². The summed E-state index contributed by atoms with van der Waals surface area (Å²) < 4.78 is 0. The molecule has 0 aliphatic rings. The lowest BCUT2D eigenvalue weighted by Crippen LogP contribution is -2.09. The predicted molar refractivity (Wildman–Crippen MR) is 34.2 cm³/mol. The van der Waals surface area contributed by atoms with Crippen molar-refractivity contribution >= 4 is 0 Å². The minimum absolute atomic E-state index is 0.0370. The average Bonchev–Trinajstić information content (AvgIpc) is 1.69. The van der Waals surface area contributed by atoms with Crippen molar-refractivity contribution in [1.82, 2.24) is 0 Å². The Balaban J connectivity index is 3.57. The highest BCUT2D eigenvalue weighted by atomic mass is 16.3. The Morgan fingerprint density at radius 2 is 2.12 bits per heavy atom. The van der Waals surface area contributed by atoms with E-state index in [-0.39, 0.29) is 12.5 Å². The molecule has 0 radical (unpaired) electrons. The van der Waals surface area contributed by atoms with Crippen LogP contribution in [0.3, 0.4) is 0 Å². The fraction of sp³-hybridized carbons (Fsp3) is 0.714. The molecule has 0 fully saturated rings. The second kappa shape index (κ2) is 3.51. The zero-order chi connectivity index (χ0) is 6.57. The van der Waals surface area contributed by atoms with Gasteiger partial charge in [0.1, 0.15) is 0 Å². The molecule has 0 aromatic heterocycles. The molecule has 0 bridgehead atoms. The van der Waals surface area contributed by atoms with Crippen LogP contribution in [0, 0.1) is 24.2 Å². The normalized spacial score (nSPS) is 13.4. The fourth-order valence-electron chi connectivity index (χ4n) is 0.456. The van der Waals surface area contributed by atoms with Gasteiger partial charge in [0.25, 0.3) is 0 Å². The third kappa shape index (κ3) is 1.99. The third-order valence-electron chi connectivity index (χ3n) is 1.22. The molecule has 0 aromatic carbocycles. The summed E-state index contributed by atoms with van der Waals surface area (Å²) in [6.07, 6.45) is 5.07. The number of rotatable bonds is 2. The van der Waals surface area contributed by atoms with E-state index < -0.39 is 0 Å². The van der Waals surface area contributed by atoms with Crippen LogP contribution >= 0.6 is 0 Å². The highest BCUT2D eigenvalue weighted by molar-refractivity contribution is 4.93. The van der Waals surface area contributed by atoms with Gasteiger partial charge in [0.05, 0.1) is 6.61 Å². The maximum absolute atomic E-state index is 8.55. The van der Waals surface area contributed by atoms with E-state index in [2.05, 4.69) is 5.92 Å². The lowest BCUT2D eigenvalue weighted by atomic mass is 9.98. The van der Waals surface area contributed by atoms with Gasteiger partial charge in [-0.2, -0.15) is 0 Å². The van der Waals surface area contributed by atoms with Crippen molar-refractivity contribution in [2.45, 2.75) is 13.8 Å². The second-order valence-corrected chi connectivity index (χ2v) is 2.20. The first-order valence-electron chi connectivity index (χ1n) is 2.79. The van der Waals surface area contributed by atoms with E-state index in [9.17, 15) is 0 Å². The molecule has 0 aromatic rings. The van der Waals surface area contributed by atoms with Crippen molar-refractivity contribution in [2.75, 3.05) is 6.61 Å². The van der Waals surface area contributed by atoms with E-state index in [0.717, 1.165) is 0 Å². The lowest BCUT2D eigenvalue weighted by molar-refractivity contribution is 0.227. The van der Waals surface area contributed by atoms with Crippen LogP contribution in [-0.4, -0.2) is 11.7 Å². The molecule has 0 heterocycles. The van der Waals surface area contributed by atoms with Gasteiger partial charge in [-0.3, -0.25) is 0 Å². The first-order valence-corrected chi connectivity index (χ1v) is 2.79. The summed E-state index contributed by atoms with van der Waals surface area (Å²) >= 11 is 0. The monoisotopic (exact) mass is 112 g/mol. The minimum atomic E-state index is 0.0370. The highest BCUT2D eigenvalue weighted by Gasteiger charge is 2.06. The molecule has 1 atom stereocenters. The van der Waals surface area contributed by atoms with E-state index in [1.807, 2.05) is 13.8 Å². The molecule has 0 amide bonds. The summed E-state index contributed by atoms with van der Waals surface area (Å²) in [7, 11) is 0. The third-order valence-corrected chi connectivity index (χ3v) is 1.22. The molecule has 1 heteroatoms. The van der Waals surface area contributed by atoms with Gasteiger partial charge in [0.2, 0.25) is 0 Å². The van der Waals surface area contributed by atoms with E-state index in [0.29, 0.717) is 5.92 Å². The van der Waals surface area contributed by atoms with Crippen molar-refractivity contribution in [3.63, 3.8) is 0 Å². The van der Waals surface area contributed by atoms with Gasteiger partial charge in [-0.05, 0) is 5.92 Å². The van der Waals surface area contributed by atoms with Crippen LogP contribution < -0.4 is 0 Å². The Morgan fingerprint density at radius 1 is 1.62 bits per heavy atom. The molecular formula is C7H12O. The van der Waals surface area contributed by atoms with Gasteiger partial charge >= 0.3 is 0 Å². The van der Waals surface area contributed by atoms with Crippen LogP contribution in [0.25, 0.3) is 0 Å². The SMILES string of the molecule is C#CC(CO)C(C)C. The number of hydrogen-bond donors (Lipinski definition) is 1. The molecule has 0 saturated carbocycles. The van der Waals surface area contributed by atoms with Crippen molar-refractivity contribution in [1.29, 1.82) is 0 Å². The Bertz CT molecular complexity index is 89.1. The Morgan fingerprint density at radius 3 is 2.12 bits per heavy atom. The van der Waals surface area contributed by atoms with Crippen LogP contribution in [0.4, 0.5) is 0 Å². The lowest BCUT2D eigenvalue weighted by Gasteiger charge is -2.09. The van der Waals surface area contributed by atoms with Gasteiger partial charge in [-0.25, -0.2) is 0 Å². The summed E-state index contributed by atoms with van der Waals surface area (Å²) in [4.78, 5) is 0. The van der Waals surface area contributed by atoms with E-state index in [1.165, 1.54) is 0 Å². The molecule has 8 heavy (non-hydrogen) atoms. The fourth-order valence-corrected chi connectivity index (χ4v) is 0.456. The maximum atomic E-state index is 8.55. The van der Waals surface area contributed by atoms with Crippen molar-refractivity contribution in [2.24, 2.45) is 11.8 Å². The summed E-state index contributed by atoms with van der Waals surface area (Å²) in [5, 5.41) is 8.55. The summed E-state index contributed by atoms with van der Waals surface area (Å²) in [5.41, 5.74) is 0. The highest BCUT2D eigenvalue weighted by Crippen LogP contribution is 2.06. The first kappa shape index (κ1) is 7.52. The van der Waals surface area contributed by atoms with Crippen molar-refractivity contribution in [3.8, 4) is 12.3 Å².